The van der Waals surface area contributed by atoms with Crippen LogP contribution in [0.25, 0.3) is 0 Å². The zero-order valence-corrected chi connectivity index (χ0v) is 17.1. The number of halogens is 1. The molecule has 2 rings (SSSR count). The lowest BCUT2D eigenvalue weighted by Gasteiger charge is -2.30. The van der Waals surface area contributed by atoms with Crippen molar-refractivity contribution < 1.29 is 19.6 Å². The van der Waals surface area contributed by atoms with Gasteiger partial charge in [-0.15, -0.1) is 0 Å². The van der Waals surface area contributed by atoms with E-state index in [0.29, 0.717) is 0 Å². The van der Waals surface area contributed by atoms with E-state index in [1.807, 2.05) is 57.0 Å². The van der Waals surface area contributed by atoms with Crippen molar-refractivity contribution in [1.82, 2.24) is 5.48 Å². The Morgan fingerprint density at radius 1 is 1.15 bits per heavy atom. The second-order valence-corrected chi connectivity index (χ2v) is 6.53. The quantitative estimate of drug-likeness (QED) is 0.535. The first kappa shape index (κ1) is 24.5. The second-order valence-electron chi connectivity index (χ2n) is 5.61. The van der Waals surface area contributed by atoms with Crippen LogP contribution in [0.1, 0.15) is 17.5 Å². The van der Waals surface area contributed by atoms with Gasteiger partial charge in [0.15, 0.2) is 0 Å². The molecule has 0 radical (unpaired) electrons. The van der Waals surface area contributed by atoms with E-state index in [4.69, 9.17) is 14.8 Å². The molecule has 0 saturated heterocycles. The highest BCUT2D eigenvalue weighted by molar-refractivity contribution is 9.10. The van der Waals surface area contributed by atoms with Crippen LogP contribution in [0.4, 0.5) is 5.69 Å². The molecule has 7 heteroatoms. The van der Waals surface area contributed by atoms with Crippen LogP contribution >= 0.6 is 15.9 Å². The predicted molar refractivity (Wildman–Crippen MR) is 110 cm³/mol. The molecule has 2 aromatic carbocycles. The Kier molecular flexibility index (Phi) is 12.4. The van der Waals surface area contributed by atoms with Gasteiger partial charge < -0.3 is 14.5 Å². The highest BCUT2D eigenvalue weighted by Crippen LogP contribution is 2.22. The standard InChI is InChI=1S/C18H21BrN2O2.2CH2O/c1-13-10-15(19)9-8-14(13)11-17(12-18(22)20-23)21(2)16-6-4-3-5-7-16;2*1-2/h3-10,17,23H,11-12H2,1-2H3,(H,20,22);2*1H2. The molecule has 1 unspecified atom stereocenters. The molecular weight excluding hydrogens is 412 g/mol. The van der Waals surface area contributed by atoms with Crippen molar-refractivity contribution in [2.24, 2.45) is 0 Å². The van der Waals surface area contributed by atoms with Crippen molar-refractivity contribution in [3.8, 4) is 0 Å². The number of carbonyl (C=O) groups is 3. The average molecular weight is 437 g/mol. The summed E-state index contributed by atoms with van der Waals surface area (Å²) in [7, 11) is 1.97. The van der Waals surface area contributed by atoms with Gasteiger partial charge in [-0.2, -0.15) is 0 Å². The predicted octanol–water partition coefficient (Wildman–Crippen LogP) is 3.33. The lowest BCUT2D eigenvalue weighted by molar-refractivity contribution is -0.129. The number of hydroxylamine groups is 1. The van der Waals surface area contributed by atoms with Crippen molar-refractivity contribution in [2.75, 3.05) is 11.9 Å². The fraction of sp³-hybridized carbons (Fsp3) is 0.250. The van der Waals surface area contributed by atoms with E-state index in [0.717, 1.165) is 16.6 Å². The Hall–Kier alpha value is -2.51. The number of nitrogens with zero attached hydrogens (tertiary/aromatic N) is 1. The van der Waals surface area contributed by atoms with Crippen molar-refractivity contribution in [3.63, 3.8) is 0 Å². The van der Waals surface area contributed by atoms with Crippen LogP contribution in [-0.4, -0.2) is 37.8 Å². The number of para-hydroxylation sites is 1. The first-order valence-electron chi connectivity index (χ1n) is 8.05. The van der Waals surface area contributed by atoms with E-state index in [2.05, 4.69) is 39.9 Å². The van der Waals surface area contributed by atoms with Gasteiger partial charge >= 0.3 is 0 Å². The van der Waals surface area contributed by atoms with Crippen LogP contribution in [0.3, 0.4) is 0 Å². The SMILES string of the molecule is C=O.C=O.Cc1cc(Br)ccc1CC(CC(=O)NO)N(C)c1ccccc1. The van der Waals surface area contributed by atoms with Crippen LogP contribution in [0.5, 0.6) is 0 Å². The largest absolute Gasteiger partial charge is 0.371 e. The summed E-state index contributed by atoms with van der Waals surface area (Å²) in [5.41, 5.74) is 5.14. The number of hydrogen-bond acceptors (Lipinski definition) is 5. The number of nitrogens with one attached hydrogen (secondary N) is 1. The molecule has 6 nitrogen and oxygen atoms in total. The Morgan fingerprint density at radius 3 is 2.26 bits per heavy atom. The molecule has 27 heavy (non-hydrogen) atoms. The molecular formula is C20H25BrN2O4. The molecule has 2 aromatic rings. The third-order valence-corrected chi connectivity index (χ3v) is 4.51. The minimum atomic E-state index is -0.382. The third-order valence-electron chi connectivity index (χ3n) is 4.02. The lowest BCUT2D eigenvalue weighted by atomic mass is 9.97. The Balaban J connectivity index is 0.00000158. The average Bonchev–Trinajstić information content (AvgIpc) is 2.72. The van der Waals surface area contributed by atoms with Crippen molar-refractivity contribution >= 4 is 41.1 Å². The summed E-state index contributed by atoms with van der Waals surface area (Å²) in [6.07, 6.45) is 0.940. The molecule has 0 fully saturated rings. The molecule has 0 aromatic heterocycles. The first-order chi connectivity index (χ1) is 13.0. The maximum Gasteiger partial charge on any atom is 0.245 e. The van der Waals surface area contributed by atoms with E-state index in [1.165, 1.54) is 11.1 Å². The van der Waals surface area contributed by atoms with Crippen LogP contribution in [0.15, 0.2) is 53.0 Å². The van der Waals surface area contributed by atoms with Gasteiger partial charge in [-0.3, -0.25) is 10.0 Å². The Bertz CT molecular complexity index is 696. The van der Waals surface area contributed by atoms with E-state index >= 15 is 0 Å². The maximum absolute atomic E-state index is 11.7. The minimum Gasteiger partial charge on any atom is -0.371 e. The number of benzene rings is 2. The van der Waals surface area contributed by atoms with Gasteiger partial charge in [0, 0.05) is 29.7 Å². The molecule has 0 spiro atoms. The molecule has 0 heterocycles. The monoisotopic (exact) mass is 436 g/mol. The van der Waals surface area contributed by atoms with Crippen LogP contribution in [0, 0.1) is 6.92 Å². The summed E-state index contributed by atoms with van der Waals surface area (Å²) >= 11 is 3.47. The number of amides is 1. The van der Waals surface area contributed by atoms with Gasteiger partial charge in [0.1, 0.15) is 13.6 Å². The highest BCUT2D eigenvalue weighted by atomic mass is 79.9. The van der Waals surface area contributed by atoms with Crippen LogP contribution in [0.2, 0.25) is 0 Å². The van der Waals surface area contributed by atoms with Gasteiger partial charge in [0.05, 0.1) is 0 Å². The molecule has 0 aliphatic carbocycles. The molecule has 1 atom stereocenters. The molecule has 0 aliphatic heterocycles. The second kappa shape index (κ2) is 13.7. The number of anilines is 1. The normalized spacial score (nSPS) is 10.4. The molecule has 1 amide bonds. The molecule has 0 aliphatic rings. The molecule has 0 saturated carbocycles. The Morgan fingerprint density at radius 2 is 1.74 bits per heavy atom. The summed E-state index contributed by atoms with van der Waals surface area (Å²) in [4.78, 5) is 29.8. The smallest absolute Gasteiger partial charge is 0.245 e. The van der Waals surface area contributed by atoms with Crippen molar-refractivity contribution in [3.05, 3.63) is 64.1 Å². The number of carbonyl (C=O) groups excluding carboxylic acids is 3. The first-order valence-corrected chi connectivity index (χ1v) is 8.84. The summed E-state index contributed by atoms with van der Waals surface area (Å²) in [6, 6.07) is 16.0. The number of hydrogen-bond donors (Lipinski definition) is 2. The van der Waals surface area contributed by atoms with Gasteiger partial charge in [-0.25, -0.2) is 5.48 Å². The topological polar surface area (TPSA) is 86.7 Å². The molecule has 0 bridgehead atoms. The maximum atomic E-state index is 11.7. The number of aryl methyl sites for hydroxylation is 1. The summed E-state index contributed by atoms with van der Waals surface area (Å²) in [5, 5.41) is 8.87. The molecule has 146 valence electrons. The van der Waals surface area contributed by atoms with E-state index in [9.17, 15) is 4.79 Å². The van der Waals surface area contributed by atoms with Crippen molar-refractivity contribution in [1.29, 1.82) is 0 Å². The fourth-order valence-corrected chi connectivity index (χ4v) is 3.10. The minimum absolute atomic E-state index is 0.0515. The summed E-state index contributed by atoms with van der Waals surface area (Å²) in [5.74, 6) is -0.382. The summed E-state index contributed by atoms with van der Waals surface area (Å²) < 4.78 is 1.04. The van der Waals surface area contributed by atoms with Gasteiger partial charge in [-0.05, 0) is 48.7 Å². The molecule has 2 N–H and O–H groups in total. The Labute approximate surface area is 168 Å². The zero-order valence-electron chi connectivity index (χ0n) is 15.5. The van der Waals surface area contributed by atoms with Crippen LogP contribution in [-0.2, 0) is 20.8 Å². The number of likely N-dealkylation sites (N-methyl/N-ethyl adjacent to an activating group) is 1. The van der Waals surface area contributed by atoms with Gasteiger partial charge in [0.2, 0.25) is 5.91 Å². The fourth-order valence-electron chi connectivity index (χ4n) is 2.62. The van der Waals surface area contributed by atoms with Crippen molar-refractivity contribution in [2.45, 2.75) is 25.8 Å². The highest BCUT2D eigenvalue weighted by Gasteiger charge is 2.20. The van der Waals surface area contributed by atoms with Gasteiger partial charge in [-0.1, -0.05) is 40.2 Å². The zero-order chi connectivity index (χ0) is 20.8. The third kappa shape index (κ3) is 8.15. The van der Waals surface area contributed by atoms with E-state index in [1.54, 1.807) is 5.48 Å². The summed E-state index contributed by atoms with van der Waals surface area (Å²) in [6.45, 7) is 6.06. The lowest BCUT2D eigenvalue weighted by Crippen LogP contribution is -2.38. The van der Waals surface area contributed by atoms with E-state index < -0.39 is 0 Å². The van der Waals surface area contributed by atoms with E-state index in [-0.39, 0.29) is 18.4 Å². The van der Waals surface area contributed by atoms with Crippen LogP contribution < -0.4 is 10.4 Å². The number of rotatable bonds is 6. The van der Waals surface area contributed by atoms with Gasteiger partial charge in [0.25, 0.3) is 0 Å².